The Kier molecular flexibility index (Phi) is 5.91. The molecule has 0 aliphatic carbocycles. The van der Waals surface area contributed by atoms with Gasteiger partial charge in [-0.3, -0.25) is 9.59 Å². The molecular weight excluding hydrogens is 418 g/mol. The van der Waals surface area contributed by atoms with Crippen molar-refractivity contribution in [3.8, 4) is 5.75 Å². The van der Waals surface area contributed by atoms with Gasteiger partial charge in [-0.1, -0.05) is 12.1 Å². The van der Waals surface area contributed by atoms with Crippen LogP contribution in [0.25, 0.3) is 0 Å². The summed E-state index contributed by atoms with van der Waals surface area (Å²) in [5.74, 6) is 2.59. The number of hydrogen-bond donors (Lipinski definition) is 1. The number of carbonyl (C=O) groups is 2. The third kappa shape index (κ3) is 4.26. The predicted molar refractivity (Wildman–Crippen MR) is 124 cm³/mol. The molecule has 0 bridgehead atoms. The van der Waals surface area contributed by atoms with E-state index in [0.29, 0.717) is 25.3 Å². The lowest BCUT2D eigenvalue weighted by Gasteiger charge is -2.31. The smallest absolute Gasteiger partial charge is 0.227 e. The first-order valence-electron chi connectivity index (χ1n) is 11.9. The van der Waals surface area contributed by atoms with Crippen molar-refractivity contribution in [3.63, 3.8) is 0 Å². The molecule has 33 heavy (non-hydrogen) atoms. The van der Waals surface area contributed by atoms with Crippen LogP contribution in [0.1, 0.15) is 60.4 Å². The summed E-state index contributed by atoms with van der Waals surface area (Å²) in [6, 6.07) is 6.00. The van der Waals surface area contributed by atoms with Crippen LogP contribution in [-0.2, 0) is 35.4 Å². The fraction of sp³-hybridized carbons (Fsp3) is 0.520. The molecule has 2 aromatic rings. The summed E-state index contributed by atoms with van der Waals surface area (Å²) in [5.41, 5.74) is 4.18. The highest BCUT2D eigenvalue weighted by atomic mass is 16.5. The number of rotatable bonds is 4. The maximum Gasteiger partial charge on any atom is 0.227 e. The average molecular weight is 450 g/mol. The second kappa shape index (κ2) is 9.00. The average Bonchev–Trinajstić information content (AvgIpc) is 3.33. The summed E-state index contributed by atoms with van der Waals surface area (Å²) >= 11 is 0. The minimum atomic E-state index is -0.0938. The molecule has 3 aliphatic rings. The van der Waals surface area contributed by atoms with Crippen LogP contribution in [0.5, 0.6) is 5.75 Å². The van der Waals surface area contributed by atoms with Gasteiger partial charge in [-0.05, 0) is 49.3 Å². The van der Waals surface area contributed by atoms with Gasteiger partial charge in [0.25, 0.3) is 0 Å². The zero-order chi connectivity index (χ0) is 22.9. The molecule has 8 nitrogen and oxygen atoms in total. The van der Waals surface area contributed by atoms with Crippen molar-refractivity contribution in [2.24, 2.45) is 0 Å². The maximum absolute atomic E-state index is 13.2. The summed E-state index contributed by atoms with van der Waals surface area (Å²) in [6.07, 6.45) is 4.93. The van der Waals surface area contributed by atoms with E-state index in [1.807, 2.05) is 29.0 Å². The topological polar surface area (TPSA) is 87.7 Å². The van der Waals surface area contributed by atoms with Gasteiger partial charge >= 0.3 is 0 Å². The Labute approximate surface area is 194 Å². The molecule has 4 heterocycles. The molecule has 1 fully saturated rings. The zero-order valence-corrected chi connectivity index (χ0v) is 19.4. The summed E-state index contributed by atoms with van der Waals surface area (Å²) < 4.78 is 5.70. The minimum Gasteiger partial charge on any atom is -0.493 e. The molecule has 1 atom stereocenters. The Hall–Kier alpha value is -3.16. The summed E-state index contributed by atoms with van der Waals surface area (Å²) in [4.78, 5) is 38.6. The molecule has 1 saturated heterocycles. The molecule has 3 aliphatic heterocycles. The first-order chi connectivity index (χ1) is 16.0. The van der Waals surface area contributed by atoms with Gasteiger partial charge < -0.3 is 19.9 Å². The Morgan fingerprint density at radius 3 is 2.88 bits per heavy atom. The number of hydrogen-bond acceptors (Lipinski definition) is 6. The first-order valence-corrected chi connectivity index (χ1v) is 11.9. The van der Waals surface area contributed by atoms with Crippen molar-refractivity contribution in [1.29, 1.82) is 0 Å². The molecule has 1 N–H and O–H groups in total. The second-order valence-electron chi connectivity index (χ2n) is 9.11. The second-order valence-corrected chi connectivity index (χ2v) is 9.11. The van der Waals surface area contributed by atoms with Gasteiger partial charge in [0, 0.05) is 32.6 Å². The van der Waals surface area contributed by atoms with Crippen LogP contribution in [0.2, 0.25) is 0 Å². The number of aromatic nitrogens is 2. The van der Waals surface area contributed by atoms with Crippen molar-refractivity contribution in [1.82, 2.24) is 19.8 Å². The lowest BCUT2D eigenvalue weighted by molar-refractivity contribution is -0.131. The van der Waals surface area contributed by atoms with Crippen molar-refractivity contribution < 1.29 is 14.3 Å². The Morgan fingerprint density at radius 2 is 2.06 bits per heavy atom. The number of anilines is 1. The van der Waals surface area contributed by atoms with Crippen molar-refractivity contribution in [2.75, 3.05) is 32.1 Å². The molecule has 2 amide bonds. The fourth-order valence-electron chi connectivity index (χ4n) is 5.24. The third-order valence-corrected chi connectivity index (χ3v) is 6.96. The van der Waals surface area contributed by atoms with E-state index >= 15 is 0 Å². The van der Waals surface area contributed by atoms with E-state index in [9.17, 15) is 9.59 Å². The van der Waals surface area contributed by atoms with Crippen molar-refractivity contribution in [2.45, 2.75) is 58.0 Å². The van der Waals surface area contributed by atoms with E-state index in [0.717, 1.165) is 73.6 Å². The number of nitrogens with one attached hydrogen (secondary N) is 1. The maximum atomic E-state index is 13.2. The van der Waals surface area contributed by atoms with Gasteiger partial charge in [-0.2, -0.15) is 0 Å². The highest BCUT2D eigenvalue weighted by Crippen LogP contribution is 2.33. The van der Waals surface area contributed by atoms with Crippen LogP contribution in [0, 0.1) is 0 Å². The SMILES string of the molecule is CNc1nc([C@H]2CCCN2C(C)=O)nc2c1CCN(C(=O)Cc1ccc3c(c1)CCCO3)C2. The minimum absolute atomic E-state index is 0.0529. The number of fused-ring (bicyclic) bond motifs is 2. The fourth-order valence-corrected chi connectivity index (χ4v) is 5.24. The standard InChI is InChI=1S/C25H31N5O3/c1-16(31)30-10-3-6-21(30)25-27-20-15-29(11-9-19(20)24(26-2)28-25)23(32)14-17-7-8-22-18(13-17)5-4-12-33-22/h7-8,13,21H,3-6,9-12,14-15H2,1-2H3,(H,26,27,28)/t21-/m1/s1. The number of carbonyl (C=O) groups excluding carboxylic acids is 2. The Morgan fingerprint density at radius 1 is 1.18 bits per heavy atom. The van der Waals surface area contributed by atoms with Crippen LogP contribution in [0.3, 0.4) is 0 Å². The van der Waals surface area contributed by atoms with Gasteiger partial charge in [0.15, 0.2) is 5.82 Å². The van der Waals surface area contributed by atoms with Crippen LogP contribution in [-0.4, -0.2) is 58.3 Å². The molecule has 174 valence electrons. The molecule has 0 saturated carbocycles. The van der Waals surface area contributed by atoms with Crippen LogP contribution >= 0.6 is 0 Å². The number of benzene rings is 1. The Bertz CT molecular complexity index is 1090. The van der Waals surface area contributed by atoms with Crippen molar-refractivity contribution in [3.05, 3.63) is 46.4 Å². The molecule has 0 unspecified atom stereocenters. The quantitative estimate of drug-likeness (QED) is 0.772. The summed E-state index contributed by atoms with van der Waals surface area (Å²) in [6.45, 7) is 4.23. The van der Waals surface area contributed by atoms with Crippen LogP contribution in [0.15, 0.2) is 18.2 Å². The lowest BCUT2D eigenvalue weighted by Crippen LogP contribution is -2.38. The van der Waals surface area contributed by atoms with Gasteiger partial charge in [0.1, 0.15) is 11.6 Å². The van der Waals surface area contributed by atoms with Crippen LogP contribution in [0.4, 0.5) is 5.82 Å². The van der Waals surface area contributed by atoms with E-state index < -0.39 is 0 Å². The largest absolute Gasteiger partial charge is 0.493 e. The zero-order valence-electron chi connectivity index (χ0n) is 19.4. The Balaban J connectivity index is 1.35. The van der Waals surface area contributed by atoms with Crippen LogP contribution < -0.4 is 10.1 Å². The third-order valence-electron chi connectivity index (χ3n) is 6.96. The van der Waals surface area contributed by atoms with Gasteiger partial charge in [-0.15, -0.1) is 0 Å². The number of amides is 2. The van der Waals surface area contributed by atoms with Gasteiger partial charge in [-0.25, -0.2) is 9.97 Å². The molecule has 5 rings (SSSR count). The summed E-state index contributed by atoms with van der Waals surface area (Å²) in [7, 11) is 1.86. The number of likely N-dealkylation sites (tertiary alicyclic amines) is 1. The molecule has 1 aromatic carbocycles. The highest BCUT2D eigenvalue weighted by molar-refractivity contribution is 5.79. The molecule has 8 heteroatoms. The molecular formula is C25H31N5O3. The van der Waals surface area contributed by atoms with E-state index in [1.165, 1.54) is 5.56 Å². The first kappa shape index (κ1) is 21.7. The number of nitrogens with zero attached hydrogens (tertiary/aromatic N) is 4. The normalized spacial score (nSPS) is 19.5. The van der Waals surface area contributed by atoms with Gasteiger partial charge in [0.05, 0.1) is 31.3 Å². The van der Waals surface area contributed by atoms with Crippen molar-refractivity contribution >= 4 is 17.6 Å². The predicted octanol–water partition coefficient (Wildman–Crippen LogP) is 2.65. The molecule has 1 aromatic heterocycles. The van der Waals surface area contributed by atoms with E-state index in [1.54, 1.807) is 6.92 Å². The summed E-state index contributed by atoms with van der Waals surface area (Å²) in [5, 5.41) is 3.21. The molecule has 0 radical (unpaired) electrons. The van der Waals surface area contributed by atoms with E-state index in [-0.39, 0.29) is 17.9 Å². The lowest BCUT2D eigenvalue weighted by atomic mass is 10.0. The number of aryl methyl sites for hydroxylation is 1. The van der Waals surface area contributed by atoms with Gasteiger partial charge in [0.2, 0.25) is 11.8 Å². The highest BCUT2D eigenvalue weighted by Gasteiger charge is 2.33. The monoisotopic (exact) mass is 449 g/mol. The molecule has 0 spiro atoms. The van der Waals surface area contributed by atoms with E-state index in [4.69, 9.17) is 14.7 Å². The number of ether oxygens (including phenoxy) is 1. The van der Waals surface area contributed by atoms with E-state index in [2.05, 4.69) is 11.4 Å².